The molecule has 2 aliphatic carbocycles. The van der Waals surface area contributed by atoms with Gasteiger partial charge in [-0.3, -0.25) is 4.79 Å². The molecule has 1 fully saturated rings. The van der Waals surface area contributed by atoms with Crippen LogP contribution in [0.25, 0.3) is 0 Å². The number of nitrogens with one attached hydrogen (secondary N) is 1. The van der Waals surface area contributed by atoms with E-state index in [2.05, 4.69) is 22.6 Å². The van der Waals surface area contributed by atoms with Crippen molar-refractivity contribution in [2.45, 2.75) is 64.2 Å². The highest BCUT2D eigenvalue weighted by atomic mass is 16.6. The van der Waals surface area contributed by atoms with Crippen molar-refractivity contribution in [1.29, 1.82) is 5.26 Å². The minimum Gasteiger partial charge on any atom is -0.489 e. The number of carboxylic acid groups (broad SMARTS) is 1. The normalized spacial score (nSPS) is 18.1. The Bertz CT molecular complexity index is 1080. The van der Waals surface area contributed by atoms with Crippen LogP contribution in [0.1, 0.15) is 72.9 Å². The predicted molar refractivity (Wildman–Crippen MR) is 124 cm³/mol. The monoisotopic (exact) mass is 447 g/mol. The Balaban J connectivity index is 1.36. The molecule has 4 rings (SSSR count). The minimum absolute atomic E-state index is 0.0403. The lowest BCUT2D eigenvalue weighted by molar-refractivity contribution is -0.136. The van der Waals surface area contributed by atoms with Crippen molar-refractivity contribution in [2.75, 3.05) is 6.54 Å². The number of hydrogen-bond acceptors (Lipinski definition) is 6. The zero-order valence-electron chi connectivity index (χ0n) is 18.8. The van der Waals surface area contributed by atoms with Gasteiger partial charge < -0.3 is 20.0 Å². The van der Waals surface area contributed by atoms with Gasteiger partial charge in [0.2, 0.25) is 0 Å². The van der Waals surface area contributed by atoms with E-state index in [-0.39, 0.29) is 25.3 Å². The number of carboxylic acids is 1. The van der Waals surface area contributed by atoms with E-state index in [0.717, 1.165) is 48.1 Å². The number of rotatable bonds is 9. The number of nitriles is 1. The topological polar surface area (TPSA) is 104 Å². The number of aryl methyl sites for hydroxylation is 1. The fraction of sp³-hybridized carbons (Fsp3) is 0.423. The van der Waals surface area contributed by atoms with E-state index in [1.165, 1.54) is 18.4 Å². The van der Waals surface area contributed by atoms with E-state index < -0.39 is 5.97 Å². The standard InChI is InChI=1S/C26H29N3O4/c1-17(19-7-9-23-20(13-19)8-10-24(23)28-15-26(30)31)29-32-16-18-6-11-25(21(12-18)14-27)33-22-4-2-3-5-22/h6-7,9,11-13,22,24,28H,2-5,8,10,15-16H2,1H3,(H,30,31)/b29-17+. The molecule has 2 aliphatic rings. The maximum Gasteiger partial charge on any atom is 0.317 e. The number of nitrogens with zero attached hydrogens (tertiary/aromatic N) is 2. The molecular weight excluding hydrogens is 418 g/mol. The van der Waals surface area contributed by atoms with Gasteiger partial charge in [-0.2, -0.15) is 5.26 Å². The van der Waals surface area contributed by atoms with Gasteiger partial charge in [-0.05, 0) is 85.9 Å². The second kappa shape index (κ2) is 10.5. The van der Waals surface area contributed by atoms with Gasteiger partial charge >= 0.3 is 5.97 Å². The first-order chi connectivity index (χ1) is 16.0. The number of aliphatic carboxylic acids is 1. The average Bonchev–Trinajstić information content (AvgIpc) is 3.47. The summed E-state index contributed by atoms with van der Waals surface area (Å²) in [4.78, 5) is 16.4. The van der Waals surface area contributed by atoms with Gasteiger partial charge in [0.25, 0.3) is 0 Å². The van der Waals surface area contributed by atoms with E-state index in [1.54, 1.807) is 6.07 Å². The van der Waals surface area contributed by atoms with Crippen LogP contribution in [0.2, 0.25) is 0 Å². The van der Waals surface area contributed by atoms with Crippen LogP contribution in [-0.4, -0.2) is 29.4 Å². The van der Waals surface area contributed by atoms with Gasteiger partial charge in [0.05, 0.1) is 23.9 Å². The molecule has 0 amide bonds. The van der Waals surface area contributed by atoms with Crippen LogP contribution in [0.15, 0.2) is 41.6 Å². The third-order valence-electron chi connectivity index (χ3n) is 6.33. The Morgan fingerprint density at radius 3 is 2.79 bits per heavy atom. The summed E-state index contributed by atoms with van der Waals surface area (Å²) in [6, 6.07) is 14.0. The Hall–Kier alpha value is -3.37. The van der Waals surface area contributed by atoms with Crippen molar-refractivity contribution < 1.29 is 19.5 Å². The van der Waals surface area contributed by atoms with Crippen molar-refractivity contribution >= 4 is 11.7 Å². The summed E-state index contributed by atoms with van der Waals surface area (Å²) in [5.41, 5.74) is 5.49. The maximum atomic E-state index is 10.8. The number of fused-ring (bicyclic) bond motifs is 1. The molecule has 0 bridgehead atoms. The summed E-state index contributed by atoms with van der Waals surface area (Å²) in [6.07, 6.45) is 6.46. The summed E-state index contributed by atoms with van der Waals surface area (Å²) in [7, 11) is 0. The largest absolute Gasteiger partial charge is 0.489 e. The van der Waals surface area contributed by atoms with Gasteiger partial charge in [-0.1, -0.05) is 23.4 Å². The third kappa shape index (κ3) is 5.71. The van der Waals surface area contributed by atoms with Crippen LogP contribution >= 0.6 is 0 Å². The summed E-state index contributed by atoms with van der Waals surface area (Å²) in [5.74, 6) is -0.208. The molecule has 1 saturated carbocycles. The van der Waals surface area contributed by atoms with Crippen molar-refractivity contribution in [1.82, 2.24) is 5.32 Å². The fourth-order valence-corrected chi connectivity index (χ4v) is 4.56. The average molecular weight is 448 g/mol. The number of carbonyl (C=O) groups is 1. The Morgan fingerprint density at radius 1 is 1.21 bits per heavy atom. The first kappa shape index (κ1) is 22.8. The molecule has 33 heavy (non-hydrogen) atoms. The van der Waals surface area contributed by atoms with Crippen molar-refractivity contribution in [3.8, 4) is 11.8 Å². The molecule has 172 valence electrons. The molecule has 1 unspecified atom stereocenters. The Morgan fingerprint density at radius 2 is 2.03 bits per heavy atom. The van der Waals surface area contributed by atoms with E-state index in [0.29, 0.717) is 11.3 Å². The summed E-state index contributed by atoms with van der Waals surface area (Å²) in [5, 5.41) is 25.7. The highest BCUT2D eigenvalue weighted by Crippen LogP contribution is 2.32. The van der Waals surface area contributed by atoms with Gasteiger partial charge in [0.1, 0.15) is 18.4 Å². The first-order valence-corrected chi connectivity index (χ1v) is 11.5. The summed E-state index contributed by atoms with van der Waals surface area (Å²) in [6.45, 7) is 2.12. The lowest BCUT2D eigenvalue weighted by Gasteiger charge is -2.14. The van der Waals surface area contributed by atoms with E-state index in [4.69, 9.17) is 14.7 Å². The number of oxime groups is 1. The van der Waals surface area contributed by atoms with Crippen LogP contribution in [0.4, 0.5) is 0 Å². The van der Waals surface area contributed by atoms with E-state index in [1.807, 2.05) is 31.2 Å². The molecule has 0 radical (unpaired) electrons. The lowest BCUT2D eigenvalue weighted by atomic mass is 10.0. The van der Waals surface area contributed by atoms with Crippen molar-refractivity contribution in [3.05, 3.63) is 64.2 Å². The van der Waals surface area contributed by atoms with Gasteiger partial charge in [-0.15, -0.1) is 0 Å². The molecule has 2 aromatic carbocycles. The Kier molecular flexibility index (Phi) is 7.26. The minimum atomic E-state index is -0.849. The van der Waals surface area contributed by atoms with E-state index in [9.17, 15) is 10.1 Å². The maximum absolute atomic E-state index is 10.8. The van der Waals surface area contributed by atoms with Crippen molar-refractivity contribution in [3.63, 3.8) is 0 Å². The second-order valence-electron chi connectivity index (χ2n) is 8.70. The molecular formula is C26H29N3O4. The zero-order valence-corrected chi connectivity index (χ0v) is 18.8. The molecule has 0 aromatic heterocycles. The fourth-order valence-electron chi connectivity index (χ4n) is 4.56. The molecule has 0 saturated heterocycles. The molecule has 0 spiro atoms. The lowest BCUT2D eigenvalue weighted by Crippen LogP contribution is -2.25. The Labute approximate surface area is 194 Å². The summed E-state index contributed by atoms with van der Waals surface area (Å²) >= 11 is 0. The quantitative estimate of drug-likeness (QED) is 0.434. The van der Waals surface area contributed by atoms with Crippen LogP contribution < -0.4 is 10.1 Å². The molecule has 0 aliphatic heterocycles. The van der Waals surface area contributed by atoms with Gasteiger partial charge in [0.15, 0.2) is 0 Å². The first-order valence-electron chi connectivity index (χ1n) is 11.5. The number of benzene rings is 2. The molecule has 7 nitrogen and oxygen atoms in total. The number of hydrogen-bond donors (Lipinski definition) is 2. The second-order valence-corrected chi connectivity index (χ2v) is 8.70. The highest BCUT2D eigenvalue weighted by Gasteiger charge is 2.23. The van der Waals surface area contributed by atoms with Crippen LogP contribution in [-0.2, 0) is 22.7 Å². The molecule has 2 N–H and O–H groups in total. The predicted octanol–water partition coefficient (Wildman–Crippen LogP) is 4.48. The third-order valence-corrected chi connectivity index (χ3v) is 6.33. The SMILES string of the molecule is C/C(=N\OCc1ccc(OC2CCCC2)c(C#N)c1)c1ccc2c(c1)CCC2NCC(=O)O. The molecule has 1 atom stereocenters. The zero-order chi connectivity index (χ0) is 23.2. The van der Waals surface area contributed by atoms with Gasteiger partial charge in [-0.25, -0.2) is 0 Å². The molecule has 2 aromatic rings. The van der Waals surface area contributed by atoms with Crippen LogP contribution in [0.5, 0.6) is 5.75 Å². The summed E-state index contributed by atoms with van der Waals surface area (Å²) < 4.78 is 6.00. The van der Waals surface area contributed by atoms with Crippen molar-refractivity contribution in [2.24, 2.45) is 5.16 Å². The van der Waals surface area contributed by atoms with Crippen LogP contribution in [0, 0.1) is 11.3 Å². The molecule has 7 heteroatoms. The highest BCUT2D eigenvalue weighted by molar-refractivity contribution is 5.98. The van der Waals surface area contributed by atoms with Gasteiger partial charge in [0, 0.05) is 6.04 Å². The number of ether oxygens (including phenoxy) is 1. The van der Waals surface area contributed by atoms with E-state index >= 15 is 0 Å². The molecule has 0 heterocycles. The smallest absolute Gasteiger partial charge is 0.317 e. The van der Waals surface area contributed by atoms with Crippen LogP contribution in [0.3, 0.4) is 0 Å².